The first-order valence-corrected chi connectivity index (χ1v) is 8.54. The van der Waals surface area contributed by atoms with Crippen LogP contribution in [0, 0.1) is 6.92 Å². The number of amides is 1. The zero-order valence-electron chi connectivity index (χ0n) is 15.3. The van der Waals surface area contributed by atoms with Crippen LogP contribution in [0.3, 0.4) is 0 Å². The number of hydrogen-bond acceptors (Lipinski definition) is 4. The van der Waals surface area contributed by atoms with Crippen molar-refractivity contribution in [2.45, 2.75) is 26.5 Å². The minimum atomic E-state index is -0.848. The lowest BCUT2D eigenvalue weighted by Crippen LogP contribution is -2.34. The van der Waals surface area contributed by atoms with Gasteiger partial charge >= 0.3 is 5.97 Å². The van der Waals surface area contributed by atoms with Gasteiger partial charge in [0.2, 0.25) is 0 Å². The molecule has 7 heteroatoms. The molecule has 1 atom stereocenters. The molecule has 0 radical (unpaired) electrons. The van der Waals surface area contributed by atoms with Gasteiger partial charge in [-0.15, -0.1) is 0 Å². The number of carbonyl (C=O) groups is 2. The first-order valence-electron chi connectivity index (χ1n) is 8.16. The van der Waals surface area contributed by atoms with Crippen LogP contribution in [-0.4, -0.2) is 46.8 Å². The molecule has 1 aromatic heterocycles. The van der Waals surface area contributed by atoms with Crippen LogP contribution in [0.1, 0.15) is 23.7 Å². The number of carbonyl (C=O) groups excluding carboxylic acids is 2. The van der Waals surface area contributed by atoms with Crippen molar-refractivity contribution in [3.63, 3.8) is 0 Å². The molecule has 6 nitrogen and oxygen atoms in total. The van der Waals surface area contributed by atoms with Crippen LogP contribution in [0.25, 0.3) is 6.08 Å². The number of aromatic nitrogens is 2. The van der Waals surface area contributed by atoms with E-state index in [-0.39, 0.29) is 5.91 Å². The predicted octanol–water partition coefficient (Wildman–Crippen LogP) is 2.93. The summed E-state index contributed by atoms with van der Waals surface area (Å²) >= 11 is 6.40. The minimum absolute atomic E-state index is 0.281. The van der Waals surface area contributed by atoms with Gasteiger partial charge in [0, 0.05) is 25.7 Å². The monoisotopic (exact) mass is 375 g/mol. The Morgan fingerprint density at radius 1 is 1.31 bits per heavy atom. The molecule has 0 aliphatic rings. The summed E-state index contributed by atoms with van der Waals surface area (Å²) in [5.74, 6) is -0.893. The topological polar surface area (TPSA) is 64.4 Å². The van der Waals surface area contributed by atoms with Gasteiger partial charge in [-0.25, -0.2) is 9.48 Å². The van der Waals surface area contributed by atoms with Crippen LogP contribution in [0.5, 0.6) is 0 Å². The lowest BCUT2D eigenvalue weighted by molar-refractivity contribution is -0.153. The van der Waals surface area contributed by atoms with Crippen molar-refractivity contribution < 1.29 is 14.3 Å². The average Bonchev–Trinajstić information content (AvgIpc) is 2.86. The second-order valence-electron chi connectivity index (χ2n) is 6.08. The Balaban J connectivity index is 2.08. The third kappa shape index (κ3) is 4.95. The van der Waals surface area contributed by atoms with E-state index in [1.165, 1.54) is 17.9 Å². The van der Waals surface area contributed by atoms with E-state index >= 15 is 0 Å². The zero-order chi connectivity index (χ0) is 19.3. The van der Waals surface area contributed by atoms with Gasteiger partial charge in [0.05, 0.1) is 12.2 Å². The van der Waals surface area contributed by atoms with E-state index in [2.05, 4.69) is 5.10 Å². The lowest BCUT2D eigenvalue weighted by Gasteiger charge is -2.16. The summed E-state index contributed by atoms with van der Waals surface area (Å²) < 4.78 is 6.77. The number of benzene rings is 1. The van der Waals surface area contributed by atoms with Crippen molar-refractivity contribution in [2.75, 3.05) is 14.1 Å². The third-order valence-corrected chi connectivity index (χ3v) is 4.15. The Morgan fingerprint density at radius 2 is 1.96 bits per heavy atom. The maximum atomic E-state index is 11.9. The lowest BCUT2D eigenvalue weighted by atomic mass is 10.2. The smallest absolute Gasteiger partial charge is 0.331 e. The van der Waals surface area contributed by atoms with E-state index in [0.717, 1.165) is 5.56 Å². The van der Waals surface area contributed by atoms with Gasteiger partial charge in [-0.1, -0.05) is 41.9 Å². The maximum Gasteiger partial charge on any atom is 0.331 e. The molecule has 2 rings (SSSR count). The number of aryl methyl sites for hydroxylation is 1. The van der Waals surface area contributed by atoms with Gasteiger partial charge in [0.25, 0.3) is 5.91 Å². The zero-order valence-corrected chi connectivity index (χ0v) is 16.0. The number of hydrogen-bond donors (Lipinski definition) is 0. The van der Waals surface area contributed by atoms with Gasteiger partial charge in [0.15, 0.2) is 6.10 Å². The molecule has 0 bridgehead atoms. The summed E-state index contributed by atoms with van der Waals surface area (Å²) in [4.78, 5) is 25.0. The molecule has 0 unspecified atom stereocenters. The van der Waals surface area contributed by atoms with Gasteiger partial charge < -0.3 is 9.64 Å². The van der Waals surface area contributed by atoms with E-state index in [1.807, 2.05) is 37.3 Å². The van der Waals surface area contributed by atoms with E-state index in [9.17, 15) is 9.59 Å². The van der Waals surface area contributed by atoms with Crippen LogP contribution in [0.2, 0.25) is 5.15 Å². The van der Waals surface area contributed by atoms with E-state index in [0.29, 0.717) is 23.0 Å². The molecule has 2 aromatic rings. The first-order chi connectivity index (χ1) is 12.3. The van der Waals surface area contributed by atoms with E-state index in [4.69, 9.17) is 16.3 Å². The van der Waals surface area contributed by atoms with Crippen LogP contribution in [-0.2, 0) is 20.9 Å². The molecule has 0 aliphatic heterocycles. The highest BCUT2D eigenvalue weighted by Gasteiger charge is 2.18. The van der Waals surface area contributed by atoms with E-state index in [1.54, 1.807) is 24.9 Å². The van der Waals surface area contributed by atoms with Gasteiger partial charge in [-0.05, 0) is 25.5 Å². The number of likely N-dealkylation sites (N-methyl/N-ethyl adjacent to an activating group) is 1. The molecular formula is C19H22ClN3O3. The van der Waals surface area contributed by atoms with Crippen molar-refractivity contribution in [1.29, 1.82) is 0 Å². The Morgan fingerprint density at radius 3 is 2.58 bits per heavy atom. The minimum Gasteiger partial charge on any atom is -0.449 e. The Hall–Kier alpha value is -2.60. The number of nitrogens with zero attached hydrogens (tertiary/aromatic N) is 3. The quantitative estimate of drug-likeness (QED) is 0.575. The van der Waals surface area contributed by atoms with Gasteiger partial charge in [-0.3, -0.25) is 4.79 Å². The number of esters is 1. The molecule has 0 N–H and O–H groups in total. The summed E-state index contributed by atoms with van der Waals surface area (Å²) in [5.41, 5.74) is 2.42. The number of rotatable bonds is 6. The molecule has 26 heavy (non-hydrogen) atoms. The van der Waals surface area contributed by atoms with Crippen LogP contribution >= 0.6 is 11.6 Å². The van der Waals surface area contributed by atoms with Crippen molar-refractivity contribution >= 4 is 29.6 Å². The highest BCUT2D eigenvalue weighted by molar-refractivity contribution is 6.31. The second-order valence-corrected chi connectivity index (χ2v) is 6.44. The largest absolute Gasteiger partial charge is 0.449 e. The number of halogens is 1. The second kappa shape index (κ2) is 8.67. The molecule has 1 aromatic carbocycles. The highest BCUT2D eigenvalue weighted by atomic mass is 35.5. The SMILES string of the molecule is Cc1nn(Cc2ccccc2)c(Cl)c1/C=C/C(=O)O[C@@H](C)C(=O)N(C)C. The van der Waals surface area contributed by atoms with Crippen molar-refractivity contribution in [3.05, 3.63) is 58.4 Å². The molecule has 1 heterocycles. The molecule has 1 amide bonds. The fourth-order valence-electron chi connectivity index (χ4n) is 2.40. The fourth-order valence-corrected chi connectivity index (χ4v) is 2.69. The predicted molar refractivity (Wildman–Crippen MR) is 101 cm³/mol. The maximum absolute atomic E-state index is 11.9. The standard InChI is InChI=1S/C19H22ClN3O3/c1-13-16(10-11-17(24)26-14(2)19(25)22(3)4)18(20)23(21-13)12-15-8-6-5-7-9-15/h5-11,14H,12H2,1-4H3/b11-10+/t14-/m0/s1. The molecule has 0 saturated heterocycles. The van der Waals surface area contributed by atoms with Gasteiger partial charge in [-0.2, -0.15) is 5.10 Å². The van der Waals surface area contributed by atoms with Gasteiger partial charge in [0.1, 0.15) is 5.15 Å². The summed E-state index contributed by atoms with van der Waals surface area (Å²) in [6, 6.07) is 9.83. The average molecular weight is 376 g/mol. The highest BCUT2D eigenvalue weighted by Crippen LogP contribution is 2.22. The summed E-state index contributed by atoms with van der Waals surface area (Å²) in [7, 11) is 3.21. The van der Waals surface area contributed by atoms with Crippen molar-refractivity contribution in [2.24, 2.45) is 0 Å². The normalized spacial score (nSPS) is 12.2. The van der Waals surface area contributed by atoms with Crippen LogP contribution in [0.15, 0.2) is 36.4 Å². The van der Waals surface area contributed by atoms with E-state index < -0.39 is 12.1 Å². The molecule has 0 saturated carbocycles. The summed E-state index contributed by atoms with van der Waals surface area (Å²) in [6.07, 6.45) is 1.96. The summed E-state index contributed by atoms with van der Waals surface area (Å²) in [6.45, 7) is 3.88. The van der Waals surface area contributed by atoms with Crippen molar-refractivity contribution in [3.8, 4) is 0 Å². The molecule has 138 valence electrons. The molecule has 0 spiro atoms. The molecule has 0 fully saturated rings. The van der Waals surface area contributed by atoms with Crippen LogP contribution in [0.4, 0.5) is 0 Å². The third-order valence-electron chi connectivity index (χ3n) is 3.75. The fraction of sp³-hybridized carbons (Fsp3) is 0.316. The van der Waals surface area contributed by atoms with Crippen LogP contribution < -0.4 is 0 Å². The number of ether oxygens (including phenoxy) is 1. The first kappa shape index (κ1) is 19.7. The summed E-state index contributed by atoms with van der Waals surface area (Å²) in [5, 5.41) is 4.85. The Kier molecular flexibility index (Phi) is 6.58. The molecular weight excluding hydrogens is 354 g/mol. The van der Waals surface area contributed by atoms with Crippen molar-refractivity contribution in [1.82, 2.24) is 14.7 Å². The Bertz CT molecular complexity index is 813. The Labute approximate surface area is 158 Å². The molecule has 0 aliphatic carbocycles.